The molecule has 0 aromatic heterocycles. The van der Waals surface area contributed by atoms with E-state index in [1.807, 2.05) is 13.0 Å². The minimum absolute atomic E-state index is 0.137. The first-order chi connectivity index (χ1) is 7.72. The van der Waals surface area contributed by atoms with Gasteiger partial charge in [-0.1, -0.05) is 39.5 Å². The van der Waals surface area contributed by atoms with Crippen molar-refractivity contribution in [3.05, 3.63) is 12.3 Å². The van der Waals surface area contributed by atoms with Gasteiger partial charge < -0.3 is 14.6 Å². The monoisotopic (exact) mass is 230 g/mol. The van der Waals surface area contributed by atoms with Gasteiger partial charge in [-0.25, -0.2) is 0 Å². The normalized spacial score (nSPS) is 15.2. The Kier molecular flexibility index (Phi) is 10.6. The molecule has 3 heteroatoms. The van der Waals surface area contributed by atoms with Crippen LogP contribution < -0.4 is 0 Å². The molecule has 1 N–H and O–H groups in total. The number of rotatable bonds is 10. The summed E-state index contributed by atoms with van der Waals surface area (Å²) in [5.74, 6) is 0.137. The molecule has 0 saturated carbocycles. The van der Waals surface area contributed by atoms with Gasteiger partial charge in [0.05, 0.1) is 12.4 Å². The van der Waals surface area contributed by atoms with E-state index >= 15 is 0 Å². The van der Waals surface area contributed by atoms with Crippen LogP contribution in [0.15, 0.2) is 12.3 Å². The minimum atomic E-state index is -0.265. The summed E-state index contributed by atoms with van der Waals surface area (Å²) in [6.45, 7) is 4.45. The van der Waals surface area contributed by atoms with Crippen molar-refractivity contribution in [2.75, 3.05) is 13.9 Å². The predicted octanol–water partition coefficient (Wildman–Crippen LogP) is 3.09. The van der Waals surface area contributed by atoms with E-state index in [1.54, 1.807) is 13.4 Å². The Labute approximate surface area is 99.5 Å². The Hall–Kier alpha value is -0.540. The molecular weight excluding hydrogens is 204 g/mol. The van der Waals surface area contributed by atoms with Crippen LogP contribution in [0.25, 0.3) is 0 Å². The van der Waals surface area contributed by atoms with E-state index in [2.05, 4.69) is 6.92 Å². The summed E-state index contributed by atoms with van der Waals surface area (Å²) in [5.41, 5.74) is 0. The number of hydrogen-bond acceptors (Lipinski definition) is 3. The van der Waals surface area contributed by atoms with Gasteiger partial charge in [0.25, 0.3) is 0 Å². The van der Waals surface area contributed by atoms with E-state index in [1.165, 1.54) is 19.3 Å². The molecule has 0 rings (SSSR count). The van der Waals surface area contributed by atoms with Crippen LogP contribution in [0.5, 0.6) is 0 Å². The second kappa shape index (κ2) is 11.0. The number of hydrogen-bond donors (Lipinski definition) is 1. The molecule has 0 bridgehead atoms. The van der Waals surface area contributed by atoms with Gasteiger partial charge in [-0.15, -0.1) is 0 Å². The quantitative estimate of drug-likeness (QED) is 0.356. The molecule has 2 atom stereocenters. The Bertz CT molecular complexity index is 169. The third-order valence-electron chi connectivity index (χ3n) is 2.62. The van der Waals surface area contributed by atoms with E-state index in [-0.39, 0.29) is 18.8 Å². The molecule has 0 heterocycles. The molecule has 0 aliphatic heterocycles. The van der Waals surface area contributed by atoms with Crippen molar-refractivity contribution in [1.82, 2.24) is 0 Å². The summed E-state index contributed by atoms with van der Waals surface area (Å²) in [5, 5.41) is 9.84. The topological polar surface area (TPSA) is 38.7 Å². The highest BCUT2D eigenvalue weighted by molar-refractivity contribution is 4.84. The lowest BCUT2D eigenvalue weighted by atomic mass is 9.99. The molecule has 16 heavy (non-hydrogen) atoms. The number of aliphatic hydroxyl groups excluding tert-OH is 1. The van der Waals surface area contributed by atoms with E-state index in [0.717, 1.165) is 12.8 Å². The lowest BCUT2D eigenvalue weighted by molar-refractivity contribution is 0.0185. The van der Waals surface area contributed by atoms with E-state index in [9.17, 15) is 5.11 Å². The summed E-state index contributed by atoms with van der Waals surface area (Å²) in [4.78, 5) is 0. The van der Waals surface area contributed by atoms with Gasteiger partial charge in [0, 0.05) is 13.0 Å². The van der Waals surface area contributed by atoms with Crippen molar-refractivity contribution in [2.24, 2.45) is 5.92 Å². The molecule has 0 radical (unpaired) electrons. The van der Waals surface area contributed by atoms with Gasteiger partial charge in [0.15, 0.2) is 6.79 Å². The molecule has 0 unspecified atom stereocenters. The molecular formula is C13H26O3. The largest absolute Gasteiger partial charge is 0.475 e. The Balaban J connectivity index is 3.55. The van der Waals surface area contributed by atoms with Crippen LogP contribution >= 0.6 is 0 Å². The lowest BCUT2D eigenvalue weighted by Gasteiger charge is -2.15. The fourth-order valence-corrected chi connectivity index (χ4v) is 1.46. The van der Waals surface area contributed by atoms with Gasteiger partial charge in [-0.05, 0) is 12.5 Å². The first-order valence-electron chi connectivity index (χ1n) is 6.17. The van der Waals surface area contributed by atoms with Crippen LogP contribution in [-0.2, 0) is 9.47 Å². The summed E-state index contributed by atoms with van der Waals surface area (Å²) >= 11 is 0. The average Bonchev–Trinajstić information content (AvgIpc) is 2.29. The number of ether oxygens (including phenoxy) is 2. The first-order valence-corrected chi connectivity index (χ1v) is 6.17. The maximum Gasteiger partial charge on any atom is 0.187 e. The van der Waals surface area contributed by atoms with Crippen molar-refractivity contribution in [1.29, 1.82) is 0 Å². The summed E-state index contributed by atoms with van der Waals surface area (Å²) in [6, 6.07) is 0. The van der Waals surface area contributed by atoms with Crippen LogP contribution in [0.1, 0.15) is 46.0 Å². The summed E-state index contributed by atoms with van der Waals surface area (Å²) in [7, 11) is 1.58. The molecule has 0 aromatic carbocycles. The smallest absolute Gasteiger partial charge is 0.187 e. The van der Waals surface area contributed by atoms with E-state index in [4.69, 9.17) is 9.47 Å². The Morgan fingerprint density at radius 1 is 1.25 bits per heavy atom. The third kappa shape index (κ3) is 8.74. The zero-order valence-corrected chi connectivity index (χ0v) is 10.8. The maximum absolute atomic E-state index is 9.84. The first kappa shape index (κ1) is 15.5. The predicted molar refractivity (Wildman–Crippen MR) is 66.0 cm³/mol. The summed E-state index contributed by atoms with van der Waals surface area (Å²) in [6.07, 6.45) is 8.89. The zero-order chi connectivity index (χ0) is 12.2. The van der Waals surface area contributed by atoms with Crippen molar-refractivity contribution >= 4 is 0 Å². The van der Waals surface area contributed by atoms with E-state index < -0.39 is 0 Å². The molecule has 0 aromatic rings. The fourth-order valence-electron chi connectivity index (χ4n) is 1.46. The van der Waals surface area contributed by atoms with Crippen molar-refractivity contribution in [2.45, 2.75) is 52.1 Å². The highest BCUT2D eigenvalue weighted by Crippen LogP contribution is 2.13. The molecule has 0 saturated heterocycles. The molecule has 0 amide bonds. The van der Waals surface area contributed by atoms with Gasteiger partial charge in [-0.3, -0.25) is 0 Å². The number of methoxy groups -OCH3 is 1. The van der Waals surface area contributed by atoms with Gasteiger partial charge >= 0.3 is 0 Å². The van der Waals surface area contributed by atoms with Crippen molar-refractivity contribution < 1.29 is 14.6 Å². The highest BCUT2D eigenvalue weighted by atomic mass is 16.7. The zero-order valence-electron chi connectivity index (χ0n) is 10.8. The van der Waals surface area contributed by atoms with Crippen LogP contribution in [-0.4, -0.2) is 25.1 Å². The van der Waals surface area contributed by atoms with Crippen LogP contribution in [0.3, 0.4) is 0 Å². The van der Waals surface area contributed by atoms with Crippen molar-refractivity contribution in [3.63, 3.8) is 0 Å². The average molecular weight is 230 g/mol. The molecule has 0 spiro atoms. The standard InChI is InChI=1S/C13H26O3/c1-4-5-6-7-8-13(14)12(2)9-10-16-11-15-3/h9-10,12-14H,4-8,11H2,1-3H3/b10-9-/t12-,13+/m0/s1. The highest BCUT2D eigenvalue weighted by Gasteiger charge is 2.10. The van der Waals surface area contributed by atoms with Gasteiger partial charge in [0.2, 0.25) is 0 Å². The van der Waals surface area contributed by atoms with Crippen LogP contribution in [0.2, 0.25) is 0 Å². The molecule has 0 aliphatic rings. The fraction of sp³-hybridized carbons (Fsp3) is 0.846. The molecule has 0 aliphatic carbocycles. The molecule has 0 fully saturated rings. The molecule has 3 nitrogen and oxygen atoms in total. The second-order valence-corrected chi connectivity index (χ2v) is 4.18. The van der Waals surface area contributed by atoms with Crippen molar-refractivity contribution in [3.8, 4) is 0 Å². The van der Waals surface area contributed by atoms with Crippen LogP contribution in [0.4, 0.5) is 0 Å². The van der Waals surface area contributed by atoms with Gasteiger partial charge in [-0.2, -0.15) is 0 Å². The summed E-state index contributed by atoms with van der Waals surface area (Å²) < 4.78 is 9.77. The SMILES string of the molecule is CCCCCC[C@@H](O)[C@@H](C)/C=C\OCOC. The number of aliphatic hydroxyl groups is 1. The Morgan fingerprint density at radius 3 is 2.62 bits per heavy atom. The number of unbranched alkanes of at least 4 members (excludes halogenated alkanes) is 3. The molecule has 96 valence electrons. The van der Waals surface area contributed by atoms with Gasteiger partial charge in [0.1, 0.15) is 0 Å². The third-order valence-corrected chi connectivity index (χ3v) is 2.62. The minimum Gasteiger partial charge on any atom is -0.475 e. The lowest BCUT2D eigenvalue weighted by Crippen LogP contribution is -2.15. The maximum atomic E-state index is 9.84. The second-order valence-electron chi connectivity index (χ2n) is 4.18. The Morgan fingerprint density at radius 2 is 2.00 bits per heavy atom. The van der Waals surface area contributed by atoms with Crippen LogP contribution in [0, 0.1) is 5.92 Å². The van der Waals surface area contributed by atoms with E-state index in [0.29, 0.717) is 0 Å².